The van der Waals surface area contributed by atoms with E-state index >= 15 is 0 Å². The lowest BCUT2D eigenvalue weighted by atomic mass is 10.0. The van der Waals surface area contributed by atoms with E-state index in [0.717, 1.165) is 0 Å². The van der Waals surface area contributed by atoms with Gasteiger partial charge in [-0.15, -0.1) is 0 Å². The molecular formula is C17H21F3N2O5. The number of alkyl halides is 3. The highest BCUT2D eigenvalue weighted by atomic mass is 19.4. The molecule has 1 aromatic rings. The molecule has 0 spiro atoms. The largest absolute Gasteiger partial charge is 0.496 e. The van der Waals surface area contributed by atoms with Crippen LogP contribution in [0.3, 0.4) is 0 Å². The van der Waals surface area contributed by atoms with E-state index in [1.807, 2.05) is 0 Å². The zero-order chi connectivity index (χ0) is 20.6. The molecule has 0 aliphatic heterocycles. The quantitative estimate of drug-likeness (QED) is 0.659. The van der Waals surface area contributed by atoms with Gasteiger partial charge < -0.3 is 20.1 Å². The van der Waals surface area contributed by atoms with Crippen molar-refractivity contribution in [3.63, 3.8) is 0 Å². The van der Waals surface area contributed by atoms with E-state index in [1.54, 1.807) is 37.4 Å². The Bertz CT molecular complexity index is 677. The first-order valence-corrected chi connectivity index (χ1v) is 7.99. The van der Waals surface area contributed by atoms with Crippen molar-refractivity contribution in [1.82, 2.24) is 10.6 Å². The third-order valence-electron chi connectivity index (χ3n) is 3.39. The molecule has 1 aromatic carbocycles. The van der Waals surface area contributed by atoms with Gasteiger partial charge in [0.1, 0.15) is 18.3 Å². The number of hydrogen-bond acceptors (Lipinski definition) is 5. The van der Waals surface area contributed by atoms with Crippen molar-refractivity contribution >= 4 is 17.8 Å². The van der Waals surface area contributed by atoms with Crippen molar-refractivity contribution in [2.75, 3.05) is 20.3 Å². The van der Waals surface area contributed by atoms with E-state index in [2.05, 4.69) is 5.32 Å². The van der Waals surface area contributed by atoms with E-state index in [0.29, 0.717) is 5.75 Å². The molecular weight excluding hydrogens is 369 g/mol. The molecule has 0 saturated heterocycles. The normalized spacial score (nSPS) is 12.3. The van der Waals surface area contributed by atoms with Crippen molar-refractivity contribution in [3.05, 3.63) is 29.8 Å². The molecule has 150 valence electrons. The fraction of sp³-hybridized carbons (Fsp3) is 0.471. The highest BCUT2D eigenvalue weighted by Crippen LogP contribution is 2.18. The molecule has 0 aliphatic rings. The van der Waals surface area contributed by atoms with Gasteiger partial charge in [0.05, 0.1) is 12.7 Å². The van der Waals surface area contributed by atoms with Gasteiger partial charge in [0, 0.05) is 0 Å². The molecule has 0 aromatic heterocycles. The Morgan fingerprint density at radius 3 is 2.33 bits per heavy atom. The number of ether oxygens (including phenoxy) is 2. The standard InChI is InChI=1S/C17H21F3N2O5/c1-10(2)14(16(25)27-8-13(23)21-9-17(18,19)20)22-15(24)11-6-4-5-7-12(11)26-3/h4-7,10,14H,8-9H2,1-3H3,(H,21,23)(H,22,24)/t14-/m0/s1. The zero-order valence-electron chi connectivity index (χ0n) is 15.1. The van der Waals surface area contributed by atoms with Crippen molar-refractivity contribution in [2.45, 2.75) is 26.1 Å². The second-order valence-corrected chi connectivity index (χ2v) is 5.90. The van der Waals surface area contributed by atoms with Crippen LogP contribution < -0.4 is 15.4 Å². The number of nitrogens with one attached hydrogen (secondary N) is 2. The molecule has 0 fully saturated rings. The number of methoxy groups -OCH3 is 1. The Hall–Kier alpha value is -2.78. The molecule has 2 N–H and O–H groups in total. The number of esters is 1. The number of hydrogen-bond donors (Lipinski definition) is 2. The van der Waals surface area contributed by atoms with Crippen LogP contribution in [-0.2, 0) is 14.3 Å². The van der Waals surface area contributed by atoms with Crippen LogP contribution in [0.4, 0.5) is 13.2 Å². The van der Waals surface area contributed by atoms with Crippen LogP contribution in [0.25, 0.3) is 0 Å². The number of halogens is 3. The Morgan fingerprint density at radius 1 is 1.15 bits per heavy atom. The topological polar surface area (TPSA) is 93.7 Å². The summed E-state index contributed by atoms with van der Waals surface area (Å²) in [5.74, 6) is -2.72. The predicted octanol–water partition coefficient (Wildman–Crippen LogP) is 1.67. The summed E-state index contributed by atoms with van der Waals surface area (Å²) in [5.41, 5.74) is 0.196. The van der Waals surface area contributed by atoms with Gasteiger partial charge >= 0.3 is 12.1 Å². The molecule has 1 atom stereocenters. The maximum Gasteiger partial charge on any atom is 0.405 e. The molecule has 0 unspecified atom stereocenters. The summed E-state index contributed by atoms with van der Waals surface area (Å²) in [4.78, 5) is 35.9. The van der Waals surface area contributed by atoms with Crippen molar-refractivity contribution in [1.29, 1.82) is 0 Å². The summed E-state index contributed by atoms with van der Waals surface area (Å²) >= 11 is 0. The van der Waals surface area contributed by atoms with E-state index in [1.165, 1.54) is 13.2 Å². The first kappa shape index (κ1) is 22.3. The maximum absolute atomic E-state index is 12.4. The Kier molecular flexibility index (Phi) is 8.07. The summed E-state index contributed by atoms with van der Waals surface area (Å²) < 4.78 is 45.9. The van der Waals surface area contributed by atoms with Gasteiger partial charge in [0.2, 0.25) is 0 Å². The Labute approximate surface area is 154 Å². The maximum atomic E-state index is 12.4. The third-order valence-corrected chi connectivity index (χ3v) is 3.39. The van der Waals surface area contributed by atoms with Crippen LogP contribution in [0.2, 0.25) is 0 Å². The monoisotopic (exact) mass is 390 g/mol. The van der Waals surface area contributed by atoms with Gasteiger partial charge in [0.15, 0.2) is 6.61 Å². The SMILES string of the molecule is COc1ccccc1C(=O)N[C@H](C(=O)OCC(=O)NCC(F)(F)F)C(C)C. The fourth-order valence-electron chi connectivity index (χ4n) is 2.03. The second kappa shape index (κ2) is 9.79. The van der Waals surface area contributed by atoms with E-state index in [-0.39, 0.29) is 5.56 Å². The Balaban J connectivity index is 2.68. The first-order valence-electron chi connectivity index (χ1n) is 7.99. The van der Waals surface area contributed by atoms with Crippen molar-refractivity contribution < 1.29 is 37.0 Å². The van der Waals surface area contributed by atoms with Crippen LogP contribution in [0.5, 0.6) is 5.75 Å². The van der Waals surface area contributed by atoms with Gasteiger partial charge in [-0.3, -0.25) is 9.59 Å². The summed E-state index contributed by atoms with van der Waals surface area (Å²) in [6, 6.07) is 5.26. The highest BCUT2D eigenvalue weighted by Gasteiger charge is 2.29. The molecule has 7 nitrogen and oxygen atoms in total. The summed E-state index contributed by atoms with van der Waals surface area (Å²) in [6.45, 7) is 0.862. The molecule has 0 saturated carbocycles. The molecule has 10 heteroatoms. The minimum absolute atomic E-state index is 0.196. The lowest BCUT2D eigenvalue weighted by Gasteiger charge is -2.21. The second-order valence-electron chi connectivity index (χ2n) is 5.90. The number of benzene rings is 1. The number of para-hydroxylation sites is 1. The lowest BCUT2D eigenvalue weighted by Crippen LogP contribution is -2.46. The summed E-state index contributed by atoms with van der Waals surface area (Å²) in [7, 11) is 1.39. The summed E-state index contributed by atoms with van der Waals surface area (Å²) in [5, 5.41) is 4.06. The minimum atomic E-state index is -4.57. The van der Waals surface area contributed by atoms with Gasteiger partial charge in [0.25, 0.3) is 11.8 Å². The number of amides is 2. The van der Waals surface area contributed by atoms with Gasteiger partial charge in [-0.05, 0) is 18.1 Å². The van der Waals surface area contributed by atoms with E-state index in [9.17, 15) is 27.6 Å². The highest BCUT2D eigenvalue weighted by molar-refractivity contribution is 5.99. The molecule has 27 heavy (non-hydrogen) atoms. The van der Waals surface area contributed by atoms with E-state index < -0.39 is 49.1 Å². The molecule has 2 amide bonds. The van der Waals surface area contributed by atoms with Crippen molar-refractivity contribution in [2.24, 2.45) is 5.92 Å². The average molecular weight is 390 g/mol. The first-order chi connectivity index (χ1) is 12.5. The molecule has 0 bridgehead atoms. The smallest absolute Gasteiger partial charge is 0.405 e. The van der Waals surface area contributed by atoms with Crippen LogP contribution in [0, 0.1) is 5.92 Å². The number of carbonyl (C=O) groups excluding carboxylic acids is 3. The number of rotatable bonds is 8. The fourth-order valence-corrected chi connectivity index (χ4v) is 2.03. The average Bonchev–Trinajstić information content (AvgIpc) is 2.61. The minimum Gasteiger partial charge on any atom is -0.496 e. The molecule has 0 aliphatic carbocycles. The van der Waals surface area contributed by atoms with Crippen LogP contribution in [0.1, 0.15) is 24.2 Å². The summed E-state index contributed by atoms with van der Waals surface area (Å²) in [6.07, 6.45) is -4.57. The van der Waals surface area contributed by atoms with Gasteiger partial charge in [-0.1, -0.05) is 26.0 Å². The molecule has 0 heterocycles. The van der Waals surface area contributed by atoms with Crippen LogP contribution in [-0.4, -0.2) is 50.3 Å². The molecule has 0 radical (unpaired) electrons. The van der Waals surface area contributed by atoms with Crippen LogP contribution >= 0.6 is 0 Å². The third kappa shape index (κ3) is 7.55. The number of carbonyl (C=O) groups is 3. The van der Waals surface area contributed by atoms with Crippen molar-refractivity contribution in [3.8, 4) is 5.75 Å². The Morgan fingerprint density at radius 2 is 1.78 bits per heavy atom. The van der Waals surface area contributed by atoms with Crippen LogP contribution in [0.15, 0.2) is 24.3 Å². The lowest BCUT2D eigenvalue weighted by molar-refractivity contribution is -0.153. The van der Waals surface area contributed by atoms with Gasteiger partial charge in [-0.2, -0.15) is 13.2 Å². The van der Waals surface area contributed by atoms with Gasteiger partial charge in [-0.25, -0.2) is 4.79 Å². The predicted molar refractivity (Wildman–Crippen MR) is 89.1 cm³/mol. The zero-order valence-corrected chi connectivity index (χ0v) is 15.1. The van der Waals surface area contributed by atoms with E-state index in [4.69, 9.17) is 9.47 Å². The molecule has 1 rings (SSSR count).